The van der Waals surface area contributed by atoms with E-state index in [1.54, 1.807) is 21.3 Å². The van der Waals surface area contributed by atoms with Gasteiger partial charge in [-0.05, 0) is 24.1 Å². The van der Waals surface area contributed by atoms with E-state index >= 15 is 0 Å². The van der Waals surface area contributed by atoms with Crippen molar-refractivity contribution in [3.63, 3.8) is 0 Å². The number of benzene rings is 1. The summed E-state index contributed by atoms with van der Waals surface area (Å²) in [5.74, 6) is 0.746. The molecule has 0 aliphatic carbocycles. The van der Waals surface area contributed by atoms with Crippen molar-refractivity contribution in [1.82, 2.24) is 10.6 Å². The molecule has 1 atom stereocenters. The molecular formula is C15H24ClN3O2. The van der Waals surface area contributed by atoms with Crippen molar-refractivity contribution in [3.05, 3.63) is 34.9 Å². The Kier molecular flexibility index (Phi) is 8.82. The number of aliphatic imine (C=N–C) groups is 1. The molecule has 0 fully saturated rings. The molecule has 1 aromatic carbocycles. The number of hydrogen-bond acceptors (Lipinski definition) is 3. The van der Waals surface area contributed by atoms with Crippen LogP contribution >= 0.6 is 11.6 Å². The molecule has 5 nitrogen and oxygen atoms in total. The van der Waals surface area contributed by atoms with Crippen LogP contribution in [0.2, 0.25) is 5.02 Å². The molecule has 0 amide bonds. The predicted octanol–water partition coefficient (Wildman–Crippen LogP) is 2.23. The molecule has 1 aromatic rings. The number of halogens is 1. The minimum Gasteiger partial charge on any atom is -0.385 e. The monoisotopic (exact) mass is 313 g/mol. The standard InChI is InChI=1S/C15H24ClN3O2/c1-17-15(18-8-5-9-20-2)19-11-14(21-3)12-6-4-7-13(16)10-12/h4,6-7,10,14H,5,8-9,11H2,1-3H3,(H2,17,18,19). The van der Waals surface area contributed by atoms with Gasteiger partial charge < -0.3 is 20.1 Å². The molecule has 0 bridgehead atoms. The molecule has 0 aromatic heterocycles. The van der Waals surface area contributed by atoms with Gasteiger partial charge in [-0.2, -0.15) is 0 Å². The lowest BCUT2D eigenvalue weighted by Gasteiger charge is -2.19. The Balaban J connectivity index is 2.46. The average molecular weight is 314 g/mol. The lowest BCUT2D eigenvalue weighted by Crippen LogP contribution is -2.40. The van der Waals surface area contributed by atoms with Crippen LogP contribution in [0.5, 0.6) is 0 Å². The van der Waals surface area contributed by atoms with Crippen molar-refractivity contribution in [2.75, 3.05) is 41.0 Å². The number of rotatable bonds is 8. The van der Waals surface area contributed by atoms with Gasteiger partial charge in [0.25, 0.3) is 0 Å². The van der Waals surface area contributed by atoms with Gasteiger partial charge in [0.1, 0.15) is 0 Å². The highest BCUT2D eigenvalue weighted by Gasteiger charge is 2.11. The molecule has 0 saturated heterocycles. The third-order valence-electron chi connectivity index (χ3n) is 3.00. The summed E-state index contributed by atoms with van der Waals surface area (Å²) in [6.45, 7) is 2.15. The molecule has 0 saturated carbocycles. The Morgan fingerprint density at radius 2 is 2.14 bits per heavy atom. The van der Waals surface area contributed by atoms with E-state index in [4.69, 9.17) is 21.1 Å². The van der Waals surface area contributed by atoms with Crippen LogP contribution in [0.1, 0.15) is 18.1 Å². The van der Waals surface area contributed by atoms with Crippen LogP contribution in [0.3, 0.4) is 0 Å². The minimum atomic E-state index is -0.0822. The summed E-state index contributed by atoms with van der Waals surface area (Å²) >= 11 is 6.01. The van der Waals surface area contributed by atoms with Crippen molar-refractivity contribution in [1.29, 1.82) is 0 Å². The van der Waals surface area contributed by atoms with E-state index in [1.165, 1.54) is 0 Å². The van der Waals surface area contributed by atoms with Crippen molar-refractivity contribution in [2.24, 2.45) is 4.99 Å². The number of hydrogen-bond donors (Lipinski definition) is 2. The van der Waals surface area contributed by atoms with Gasteiger partial charge in [0.05, 0.1) is 6.10 Å². The Labute approximate surface area is 131 Å². The number of ether oxygens (including phenoxy) is 2. The first-order valence-electron chi connectivity index (χ1n) is 6.93. The largest absolute Gasteiger partial charge is 0.385 e. The molecule has 0 radical (unpaired) electrons. The summed E-state index contributed by atoms with van der Waals surface area (Å²) in [6, 6.07) is 7.67. The second-order valence-electron chi connectivity index (χ2n) is 4.51. The average Bonchev–Trinajstić information content (AvgIpc) is 2.50. The van der Waals surface area contributed by atoms with E-state index in [2.05, 4.69) is 15.6 Å². The Bertz CT molecular complexity index is 441. The van der Waals surface area contributed by atoms with E-state index in [-0.39, 0.29) is 6.10 Å². The zero-order chi connectivity index (χ0) is 15.5. The fraction of sp³-hybridized carbons (Fsp3) is 0.533. The maximum atomic E-state index is 6.01. The lowest BCUT2D eigenvalue weighted by molar-refractivity contribution is 0.106. The summed E-state index contributed by atoms with van der Waals surface area (Å²) in [7, 11) is 5.12. The highest BCUT2D eigenvalue weighted by molar-refractivity contribution is 6.30. The molecule has 2 N–H and O–H groups in total. The molecule has 1 rings (SSSR count). The van der Waals surface area contributed by atoms with Gasteiger partial charge in [-0.25, -0.2) is 0 Å². The molecule has 118 valence electrons. The summed E-state index contributed by atoms with van der Waals surface area (Å²) in [6.07, 6.45) is 0.848. The first kappa shape index (κ1) is 17.8. The summed E-state index contributed by atoms with van der Waals surface area (Å²) in [5, 5.41) is 7.17. The first-order valence-corrected chi connectivity index (χ1v) is 7.30. The maximum absolute atomic E-state index is 6.01. The fourth-order valence-electron chi connectivity index (χ4n) is 1.88. The molecule has 0 spiro atoms. The summed E-state index contributed by atoms with van der Waals surface area (Å²) in [4.78, 5) is 4.18. The van der Waals surface area contributed by atoms with Crippen LogP contribution in [0.4, 0.5) is 0 Å². The van der Waals surface area contributed by atoms with Gasteiger partial charge in [0.2, 0.25) is 0 Å². The van der Waals surface area contributed by atoms with Crippen molar-refractivity contribution < 1.29 is 9.47 Å². The number of nitrogens with one attached hydrogen (secondary N) is 2. The van der Waals surface area contributed by atoms with Crippen LogP contribution in [-0.4, -0.2) is 46.9 Å². The topological polar surface area (TPSA) is 54.9 Å². The second-order valence-corrected chi connectivity index (χ2v) is 4.94. The van der Waals surface area contributed by atoms with Crippen LogP contribution in [-0.2, 0) is 9.47 Å². The fourth-order valence-corrected chi connectivity index (χ4v) is 2.08. The third-order valence-corrected chi connectivity index (χ3v) is 3.24. The summed E-state index contributed by atoms with van der Waals surface area (Å²) < 4.78 is 10.5. The molecule has 0 aliphatic heterocycles. The number of guanidine groups is 1. The van der Waals surface area contributed by atoms with E-state index in [0.29, 0.717) is 11.6 Å². The van der Waals surface area contributed by atoms with E-state index in [1.807, 2.05) is 24.3 Å². The molecule has 1 unspecified atom stereocenters. The van der Waals surface area contributed by atoms with Crippen LogP contribution in [0, 0.1) is 0 Å². The van der Waals surface area contributed by atoms with Gasteiger partial charge in [0, 0.05) is 46.0 Å². The zero-order valence-corrected chi connectivity index (χ0v) is 13.6. The highest BCUT2D eigenvalue weighted by atomic mass is 35.5. The highest BCUT2D eigenvalue weighted by Crippen LogP contribution is 2.19. The molecule has 21 heavy (non-hydrogen) atoms. The van der Waals surface area contributed by atoms with E-state index < -0.39 is 0 Å². The normalized spacial score (nSPS) is 13.0. The van der Waals surface area contributed by atoms with Crippen LogP contribution in [0.25, 0.3) is 0 Å². The Hall–Kier alpha value is -1.30. The first-order chi connectivity index (χ1) is 10.2. The second kappa shape index (κ2) is 10.4. The van der Waals surface area contributed by atoms with Crippen LogP contribution in [0.15, 0.2) is 29.3 Å². The third kappa shape index (κ3) is 6.80. The van der Waals surface area contributed by atoms with Gasteiger partial charge in [-0.1, -0.05) is 23.7 Å². The van der Waals surface area contributed by atoms with Crippen molar-refractivity contribution in [2.45, 2.75) is 12.5 Å². The lowest BCUT2D eigenvalue weighted by atomic mass is 10.1. The quantitative estimate of drug-likeness (QED) is 0.439. The van der Waals surface area contributed by atoms with Gasteiger partial charge in [0.15, 0.2) is 5.96 Å². The molecule has 0 aliphatic rings. The van der Waals surface area contributed by atoms with Gasteiger partial charge >= 0.3 is 0 Å². The van der Waals surface area contributed by atoms with Gasteiger partial charge in [-0.3, -0.25) is 4.99 Å². The van der Waals surface area contributed by atoms with Crippen LogP contribution < -0.4 is 10.6 Å². The maximum Gasteiger partial charge on any atom is 0.191 e. The minimum absolute atomic E-state index is 0.0822. The molecule has 6 heteroatoms. The van der Waals surface area contributed by atoms with Crippen molar-refractivity contribution >= 4 is 17.6 Å². The molecule has 0 heterocycles. The Morgan fingerprint density at radius 1 is 1.33 bits per heavy atom. The van der Waals surface area contributed by atoms with Gasteiger partial charge in [-0.15, -0.1) is 0 Å². The smallest absolute Gasteiger partial charge is 0.191 e. The molecular weight excluding hydrogens is 290 g/mol. The van der Waals surface area contributed by atoms with E-state index in [0.717, 1.165) is 31.1 Å². The predicted molar refractivity (Wildman–Crippen MR) is 87.1 cm³/mol. The number of methoxy groups -OCH3 is 2. The summed E-state index contributed by atoms with van der Waals surface area (Å²) in [5.41, 5.74) is 1.03. The SMILES string of the molecule is CN=C(NCCCOC)NCC(OC)c1cccc(Cl)c1. The Morgan fingerprint density at radius 3 is 2.76 bits per heavy atom. The van der Waals surface area contributed by atoms with E-state index in [9.17, 15) is 0 Å². The van der Waals surface area contributed by atoms with Crippen molar-refractivity contribution in [3.8, 4) is 0 Å². The number of nitrogens with zero attached hydrogens (tertiary/aromatic N) is 1. The zero-order valence-electron chi connectivity index (χ0n) is 12.9.